The fraction of sp³-hybridized carbons (Fsp3) is 0.636. The summed E-state index contributed by atoms with van der Waals surface area (Å²) in [4.78, 5) is 13.3. The Balaban J connectivity index is 3.03. The molecule has 1 rings (SSSR count). The Morgan fingerprint density at radius 1 is 1.53 bits per heavy atom. The molecule has 0 unspecified atom stereocenters. The maximum absolute atomic E-state index is 11.4. The zero-order valence-electron chi connectivity index (χ0n) is 10.9. The minimum atomic E-state index is -0.0366. The second-order valence-electron chi connectivity index (χ2n) is 3.85. The van der Waals surface area contributed by atoms with Crippen LogP contribution in [0.3, 0.4) is 0 Å². The van der Waals surface area contributed by atoms with Crippen LogP contribution in [0, 0.1) is 0 Å². The summed E-state index contributed by atoms with van der Waals surface area (Å²) < 4.78 is 1.74. The zero-order valence-corrected chi connectivity index (χ0v) is 10.9. The summed E-state index contributed by atoms with van der Waals surface area (Å²) in [5.74, 6) is 0.776. The molecule has 0 spiro atoms. The molecule has 0 fully saturated rings. The SMILES string of the molecule is CCc1nn(C)c(N(CC)CC(=O)NC)c1N. The number of amides is 1. The number of hydrogen-bond acceptors (Lipinski definition) is 4. The molecule has 1 aromatic heterocycles. The second-order valence-corrected chi connectivity index (χ2v) is 3.85. The van der Waals surface area contributed by atoms with E-state index < -0.39 is 0 Å². The maximum Gasteiger partial charge on any atom is 0.239 e. The Hall–Kier alpha value is -1.72. The fourth-order valence-electron chi connectivity index (χ4n) is 1.81. The van der Waals surface area contributed by atoms with E-state index >= 15 is 0 Å². The van der Waals surface area contributed by atoms with Gasteiger partial charge >= 0.3 is 0 Å². The van der Waals surface area contributed by atoms with E-state index in [0.29, 0.717) is 18.8 Å². The molecule has 1 heterocycles. The van der Waals surface area contributed by atoms with Gasteiger partial charge in [-0.15, -0.1) is 0 Å². The Morgan fingerprint density at radius 3 is 2.59 bits per heavy atom. The normalized spacial score (nSPS) is 10.4. The first-order valence-corrected chi connectivity index (χ1v) is 5.81. The second kappa shape index (κ2) is 5.56. The van der Waals surface area contributed by atoms with Gasteiger partial charge in [-0.25, -0.2) is 0 Å². The van der Waals surface area contributed by atoms with E-state index in [2.05, 4.69) is 10.4 Å². The molecule has 0 radical (unpaired) electrons. The lowest BCUT2D eigenvalue weighted by Gasteiger charge is -2.22. The van der Waals surface area contributed by atoms with E-state index in [9.17, 15) is 4.79 Å². The van der Waals surface area contributed by atoms with Crippen molar-refractivity contribution < 1.29 is 4.79 Å². The summed E-state index contributed by atoms with van der Waals surface area (Å²) in [6.45, 7) is 5.00. The molecule has 0 aliphatic carbocycles. The molecule has 0 aromatic carbocycles. The maximum atomic E-state index is 11.4. The summed E-state index contributed by atoms with van der Waals surface area (Å²) in [7, 11) is 3.47. The van der Waals surface area contributed by atoms with Crippen molar-refractivity contribution >= 4 is 17.4 Å². The number of nitrogen functional groups attached to an aromatic ring is 1. The molecule has 17 heavy (non-hydrogen) atoms. The largest absolute Gasteiger partial charge is 0.394 e. The van der Waals surface area contributed by atoms with Crippen LogP contribution in [0.15, 0.2) is 0 Å². The van der Waals surface area contributed by atoms with E-state index in [1.807, 2.05) is 25.8 Å². The summed E-state index contributed by atoms with van der Waals surface area (Å²) in [6.07, 6.45) is 0.789. The van der Waals surface area contributed by atoms with Crippen LogP contribution in [0.1, 0.15) is 19.5 Å². The molecule has 0 bridgehead atoms. The molecule has 6 nitrogen and oxygen atoms in total. The van der Waals surface area contributed by atoms with Gasteiger partial charge in [-0.3, -0.25) is 9.48 Å². The van der Waals surface area contributed by atoms with Crippen molar-refractivity contribution in [3.63, 3.8) is 0 Å². The van der Waals surface area contributed by atoms with Gasteiger partial charge in [0.05, 0.1) is 17.9 Å². The van der Waals surface area contributed by atoms with E-state index in [-0.39, 0.29) is 5.91 Å². The summed E-state index contributed by atoms with van der Waals surface area (Å²) in [5.41, 5.74) is 7.59. The number of nitrogens with zero attached hydrogens (tertiary/aromatic N) is 3. The van der Waals surface area contributed by atoms with Gasteiger partial charge in [-0.2, -0.15) is 5.10 Å². The summed E-state index contributed by atoms with van der Waals surface area (Å²) in [6, 6.07) is 0. The number of aromatic nitrogens is 2. The highest BCUT2D eigenvalue weighted by molar-refractivity contribution is 5.82. The third-order valence-corrected chi connectivity index (χ3v) is 2.76. The van der Waals surface area contributed by atoms with Crippen molar-refractivity contribution in [2.45, 2.75) is 20.3 Å². The van der Waals surface area contributed by atoms with Crippen LogP contribution in [0.2, 0.25) is 0 Å². The smallest absolute Gasteiger partial charge is 0.239 e. The molecule has 1 amide bonds. The first-order chi connectivity index (χ1) is 8.04. The Kier molecular flexibility index (Phi) is 4.37. The number of carbonyl (C=O) groups excluding carboxylic acids is 1. The third-order valence-electron chi connectivity index (χ3n) is 2.76. The highest BCUT2D eigenvalue weighted by Crippen LogP contribution is 2.26. The molecular weight excluding hydrogens is 218 g/mol. The minimum absolute atomic E-state index is 0.0366. The van der Waals surface area contributed by atoms with Crippen molar-refractivity contribution in [2.24, 2.45) is 7.05 Å². The van der Waals surface area contributed by atoms with Crippen LogP contribution in [0.5, 0.6) is 0 Å². The third kappa shape index (κ3) is 2.69. The Labute approximate surface area is 102 Å². The van der Waals surface area contributed by atoms with E-state index in [1.165, 1.54) is 0 Å². The van der Waals surface area contributed by atoms with E-state index in [4.69, 9.17) is 5.73 Å². The van der Waals surface area contributed by atoms with Gasteiger partial charge in [-0.05, 0) is 13.3 Å². The molecule has 1 aromatic rings. The molecule has 0 aliphatic rings. The number of nitrogens with one attached hydrogen (secondary N) is 1. The highest BCUT2D eigenvalue weighted by atomic mass is 16.1. The first-order valence-electron chi connectivity index (χ1n) is 5.81. The number of nitrogens with two attached hydrogens (primary N) is 1. The molecule has 0 saturated heterocycles. The van der Waals surface area contributed by atoms with Crippen molar-refractivity contribution in [1.29, 1.82) is 0 Å². The predicted molar refractivity (Wildman–Crippen MR) is 69.0 cm³/mol. The Bertz CT molecular complexity index is 399. The van der Waals surface area contributed by atoms with Crippen molar-refractivity contribution in [3.8, 4) is 0 Å². The first kappa shape index (κ1) is 13.3. The van der Waals surface area contributed by atoms with Gasteiger partial charge in [0.15, 0.2) is 5.82 Å². The van der Waals surface area contributed by atoms with E-state index in [0.717, 1.165) is 17.9 Å². The predicted octanol–water partition coefficient (Wildman–Crippen LogP) is 0.137. The zero-order chi connectivity index (χ0) is 13.0. The van der Waals surface area contributed by atoms with Crippen LogP contribution in [-0.4, -0.2) is 35.8 Å². The average molecular weight is 239 g/mol. The van der Waals surface area contributed by atoms with Gasteiger partial charge in [-0.1, -0.05) is 6.92 Å². The van der Waals surface area contributed by atoms with Crippen molar-refractivity contribution in [1.82, 2.24) is 15.1 Å². The van der Waals surface area contributed by atoms with Gasteiger partial charge in [0.25, 0.3) is 0 Å². The number of hydrogen-bond donors (Lipinski definition) is 2. The summed E-state index contributed by atoms with van der Waals surface area (Å²) in [5, 5.41) is 6.96. The number of rotatable bonds is 5. The molecule has 96 valence electrons. The quantitative estimate of drug-likeness (QED) is 0.766. The number of carbonyl (C=O) groups is 1. The van der Waals surface area contributed by atoms with E-state index in [1.54, 1.807) is 11.7 Å². The number of aryl methyl sites for hydroxylation is 2. The van der Waals surface area contributed by atoms with Crippen LogP contribution in [-0.2, 0) is 18.3 Å². The molecule has 0 atom stereocenters. The van der Waals surface area contributed by atoms with Crippen LogP contribution in [0.4, 0.5) is 11.5 Å². The van der Waals surface area contributed by atoms with Gasteiger partial charge in [0.1, 0.15) is 0 Å². The molecule has 6 heteroatoms. The van der Waals surface area contributed by atoms with Crippen molar-refractivity contribution in [3.05, 3.63) is 5.69 Å². The summed E-state index contributed by atoms with van der Waals surface area (Å²) >= 11 is 0. The average Bonchev–Trinajstić information content (AvgIpc) is 2.61. The minimum Gasteiger partial charge on any atom is -0.394 e. The highest BCUT2D eigenvalue weighted by Gasteiger charge is 2.18. The standard InChI is InChI=1S/C11H21N5O/c1-5-8-10(12)11(15(4)14-8)16(6-2)7-9(17)13-3/h5-7,12H2,1-4H3,(H,13,17). The van der Waals surface area contributed by atoms with Gasteiger partial charge in [0.2, 0.25) is 5.91 Å². The monoisotopic (exact) mass is 239 g/mol. The molecule has 0 saturated carbocycles. The lowest BCUT2D eigenvalue weighted by molar-refractivity contribution is -0.119. The van der Waals surface area contributed by atoms with Crippen molar-refractivity contribution in [2.75, 3.05) is 30.8 Å². The van der Waals surface area contributed by atoms with Gasteiger partial charge in [0, 0.05) is 20.6 Å². The number of likely N-dealkylation sites (N-methyl/N-ethyl adjacent to an activating group) is 2. The topological polar surface area (TPSA) is 76.2 Å². The molecule has 3 N–H and O–H groups in total. The lowest BCUT2D eigenvalue weighted by atomic mass is 10.3. The lowest BCUT2D eigenvalue weighted by Crippen LogP contribution is -2.36. The number of anilines is 2. The van der Waals surface area contributed by atoms with Gasteiger partial charge < -0.3 is 16.0 Å². The molecule has 0 aliphatic heterocycles. The fourth-order valence-corrected chi connectivity index (χ4v) is 1.81. The van der Waals surface area contributed by atoms with Crippen LogP contribution in [0.25, 0.3) is 0 Å². The van der Waals surface area contributed by atoms with Crippen LogP contribution < -0.4 is 16.0 Å². The Morgan fingerprint density at radius 2 is 2.18 bits per heavy atom. The van der Waals surface area contributed by atoms with Crippen LogP contribution >= 0.6 is 0 Å². The molecular formula is C11H21N5O.